The Bertz CT molecular complexity index is 574. The highest BCUT2D eigenvalue weighted by Crippen LogP contribution is 2.45. The number of aliphatic carboxylic acids is 1. The first-order valence-corrected chi connectivity index (χ1v) is 7.26. The van der Waals surface area contributed by atoms with Crippen LogP contribution in [0.25, 0.3) is 0 Å². The van der Waals surface area contributed by atoms with Crippen molar-refractivity contribution in [2.75, 3.05) is 6.54 Å². The summed E-state index contributed by atoms with van der Waals surface area (Å²) < 4.78 is 18.8. The second-order valence-corrected chi connectivity index (χ2v) is 5.99. The Morgan fingerprint density at radius 2 is 2.19 bits per heavy atom. The zero-order valence-electron chi connectivity index (χ0n) is 11.4. The van der Waals surface area contributed by atoms with Gasteiger partial charge in [-0.1, -0.05) is 0 Å². The number of carbonyl (C=O) groups excluding carboxylic acids is 1. The van der Waals surface area contributed by atoms with E-state index in [1.54, 1.807) is 6.92 Å². The summed E-state index contributed by atoms with van der Waals surface area (Å²) in [7, 11) is 0. The van der Waals surface area contributed by atoms with Crippen LogP contribution >= 0.6 is 15.9 Å². The van der Waals surface area contributed by atoms with Gasteiger partial charge in [-0.15, -0.1) is 0 Å². The van der Waals surface area contributed by atoms with Crippen LogP contribution in [0.1, 0.15) is 19.8 Å². The van der Waals surface area contributed by atoms with Crippen LogP contribution in [0.4, 0.5) is 4.39 Å². The summed E-state index contributed by atoms with van der Waals surface area (Å²) in [6, 6.07) is 3.89. The summed E-state index contributed by atoms with van der Waals surface area (Å²) in [6.07, 6.45) is 0.333. The smallest absolute Gasteiger partial charge is 0.311 e. The van der Waals surface area contributed by atoms with Crippen LogP contribution in [0.2, 0.25) is 0 Å². The molecule has 7 heteroatoms. The molecule has 0 heterocycles. The molecule has 1 amide bonds. The van der Waals surface area contributed by atoms with E-state index in [0.717, 1.165) is 0 Å². The first-order valence-electron chi connectivity index (χ1n) is 6.47. The lowest BCUT2D eigenvalue weighted by Gasteiger charge is -2.17. The number of carboxylic acids is 1. The minimum Gasteiger partial charge on any atom is -0.481 e. The van der Waals surface area contributed by atoms with Crippen molar-refractivity contribution in [1.82, 2.24) is 5.32 Å². The molecule has 0 saturated heterocycles. The Hall–Kier alpha value is -1.63. The minimum absolute atomic E-state index is 0.0967. The highest BCUT2D eigenvalue weighted by atomic mass is 79.9. The molecule has 1 atom stereocenters. The molecule has 0 aliphatic heterocycles. The molecule has 1 saturated carbocycles. The highest BCUT2D eigenvalue weighted by molar-refractivity contribution is 9.10. The van der Waals surface area contributed by atoms with Crippen molar-refractivity contribution in [1.29, 1.82) is 0 Å². The van der Waals surface area contributed by atoms with E-state index in [1.807, 2.05) is 0 Å². The van der Waals surface area contributed by atoms with Crippen LogP contribution in [0.5, 0.6) is 5.75 Å². The third kappa shape index (κ3) is 3.72. The molecule has 2 N–H and O–H groups in total. The van der Waals surface area contributed by atoms with Gasteiger partial charge in [-0.05, 0) is 53.9 Å². The lowest BCUT2D eigenvalue weighted by molar-refractivity contribution is -0.143. The van der Waals surface area contributed by atoms with Gasteiger partial charge < -0.3 is 15.2 Å². The maximum Gasteiger partial charge on any atom is 0.311 e. The number of hydrogen-bond donors (Lipinski definition) is 2. The average Bonchev–Trinajstić information content (AvgIpc) is 3.20. The van der Waals surface area contributed by atoms with E-state index >= 15 is 0 Å². The van der Waals surface area contributed by atoms with E-state index in [2.05, 4.69) is 21.2 Å². The summed E-state index contributed by atoms with van der Waals surface area (Å²) in [5.74, 6) is -1.36. The van der Waals surface area contributed by atoms with Crippen molar-refractivity contribution in [2.45, 2.75) is 25.9 Å². The third-order valence-corrected chi connectivity index (χ3v) is 4.09. The van der Waals surface area contributed by atoms with E-state index in [4.69, 9.17) is 9.84 Å². The largest absolute Gasteiger partial charge is 0.481 e. The zero-order valence-corrected chi connectivity index (χ0v) is 12.9. The molecular formula is C14H15BrFNO4. The number of amides is 1. The van der Waals surface area contributed by atoms with Gasteiger partial charge in [0.1, 0.15) is 11.6 Å². The van der Waals surface area contributed by atoms with Crippen LogP contribution < -0.4 is 10.1 Å². The maximum atomic E-state index is 13.0. The molecule has 1 unspecified atom stereocenters. The SMILES string of the molecule is CC(Oc1ccc(F)cc1Br)C(=O)NCC1(C(=O)O)CC1. The molecule has 2 rings (SSSR count). The number of nitrogens with one attached hydrogen (secondary N) is 1. The second-order valence-electron chi connectivity index (χ2n) is 5.14. The zero-order chi connectivity index (χ0) is 15.6. The minimum atomic E-state index is -0.891. The number of ether oxygens (including phenoxy) is 1. The number of carbonyl (C=O) groups is 2. The van der Waals surface area contributed by atoms with Gasteiger partial charge in [0.2, 0.25) is 0 Å². The van der Waals surface area contributed by atoms with Crippen molar-refractivity contribution < 1.29 is 23.8 Å². The summed E-state index contributed by atoms with van der Waals surface area (Å²) in [5.41, 5.74) is -0.814. The van der Waals surface area contributed by atoms with Crippen LogP contribution in [-0.2, 0) is 9.59 Å². The number of carboxylic acid groups (broad SMARTS) is 1. The first kappa shape index (κ1) is 15.8. The van der Waals surface area contributed by atoms with Crippen molar-refractivity contribution in [3.05, 3.63) is 28.5 Å². The normalized spacial score (nSPS) is 16.9. The highest BCUT2D eigenvalue weighted by Gasteiger charge is 2.50. The van der Waals surface area contributed by atoms with Crippen molar-refractivity contribution in [2.24, 2.45) is 5.41 Å². The van der Waals surface area contributed by atoms with Gasteiger partial charge in [0.05, 0.1) is 9.89 Å². The molecule has 0 radical (unpaired) electrons. The fraction of sp³-hybridized carbons (Fsp3) is 0.429. The van der Waals surface area contributed by atoms with Crippen LogP contribution in [0.3, 0.4) is 0 Å². The summed E-state index contributed by atoms with van der Waals surface area (Å²) >= 11 is 3.15. The standard InChI is InChI=1S/C14H15BrFNO4/c1-8(21-11-3-2-9(16)6-10(11)15)12(18)17-7-14(4-5-14)13(19)20/h2-3,6,8H,4-5,7H2,1H3,(H,17,18)(H,19,20). The predicted octanol–water partition coefficient (Wildman–Crippen LogP) is 2.34. The van der Waals surface area contributed by atoms with Crippen molar-refractivity contribution in [3.8, 4) is 5.75 Å². The average molecular weight is 360 g/mol. The summed E-state index contributed by atoms with van der Waals surface area (Å²) in [6.45, 7) is 1.64. The molecule has 5 nitrogen and oxygen atoms in total. The predicted molar refractivity (Wildman–Crippen MR) is 76.5 cm³/mol. The molecule has 1 aromatic rings. The van der Waals surface area contributed by atoms with Gasteiger partial charge in [0.25, 0.3) is 5.91 Å². The molecular weight excluding hydrogens is 345 g/mol. The Balaban J connectivity index is 1.89. The van der Waals surface area contributed by atoms with E-state index in [1.165, 1.54) is 18.2 Å². The van der Waals surface area contributed by atoms with Gasteiger partial charge in [0.15, 0.2) is 6.10 Å². The molecule has 114 valence electrons. The van der Waals surface area contributed by atoms with Gasteiger partial charge in [-0.3, -0.25) is 9.59 Å². The number of halogens is 2. The molecule has 0 bridgehead atoms. The molecule has 1 fully saturated rings. The van der Waals surface area contributed by atoms with E-state index in [0.29, 0.717) is 23.1 Å². The fourth-order valence-corrected chi connectivity index (χ4v) is 2.28. The van der Waals surface area contributed by atoms with E-state index in [-0.39, 0.29) is 6.54 Å². The van der Waals surface area contributed by atoms with Gasteiger partial charge >= 0.3 is 5.97 Å². The lowest BCUT2D eigenvalue weighted by Crippen LogP contribution is -2.41. The summed E-state index contributed by atoms with van der Waals surface area (Å²) in [4.78, 5) is 22.9. The molecule has 0 spiro atoms. The van der Waals surface area contributed by atoms with E-state index < -0.39 is 29.2 Å². The van der Waals surface area contributed by atoms with Gasteiger partial charge in [-0.25, -0.2) is 4.39 Å². The Labute approximate surface area is 129 Å². The lowest BCUT2D eigenvalue weighted by atomic mass is 10.1. The van der Waals surface area contributed by atoms with Gasteiger partial charge in [-0.2, -0.15) is 0 Å². The van der Waals surface area contributed by atoms with Crippen LogP contribution in [0, 0.1) is 11.2 Å². The fourth-order valence-electron chi connectivity index (χ4n) is 1.83. The molecule has 1 aliphatic carbocycles. The number of hydrogen-bond acceptors (Lipinski definition) is 3. The third-order valence-electron chi connectivity index (χ3n) is 3.48. The van der Waals surface area contributed by atoms with Gasteiger partial charge in [0, 0.05) is 6.54 Å². The molecule has 1 aromatic carbocycles. The Morgan fingerprint density at radius 3 is 2.71 bits per heavy atom. The quantitative estimate of drug-likeness (QED) is 0.817. The molecule has 0 aromatic heterocycles. The van der Waals surface area contributed by atoms with Crippen LogP contribution in [-0.4, -0.2) is 29.6 Å². The maximum absolute atomic E-state index is 13.0. The molecule has 1 aliphatic rings. The van der Waals surface area contributed by atoms with E-state index in [9.17, 15) is 14.0 Å². The Morgan fingerprint density at radius 1 is 1.52 bits per heavy atom. The van der Waals surface area contributed by atoms with Crippen molar-refractivity contribution in [3.63, 3.8) is 0 Å². The Kier molecular flexibility index (Phi) is 4.51. The summed E-state index contributed by atoms with van der Waals surface area (Å²) in [5, 5.41) is 11.6. The van der Waals surface area contributed by atoms with Crippen LogP contribution in [0.15, 0.2) is 22.7 Å². The van der Waals surface area contributed by atoms with Crippen molar-refractivity contribution >= 4 is 27.8 Å². The second kappa shape index (κ2) is 6.01. The topological polar surface area (TPSA) is 75.6 Å². The molecule has 21 heavy (non-hydrogen) atoms. The first-order chi connectivity index (χ1) is 9.84. The number of rotatable bonds is 6. The number of benzene rings is 1. The monoisotopic (exact) mass is 359 g/mol.